The van der Waals surface area contributed by atoms with Gasteiger partial charge in [0.1, 0.15) is 5.82 Å². The number of carbonyl (C=O) groups excluding carboxylic acids is 1. The summed E-state index contributed by atoms with van der Waals surface area (Å²) in [5.74, 6) is -0.172. The van der Waals surface area contributed by atoms with Crippen molar-refractivity contribution in [3.05, 3.63) is 35.6 Å². The third kappa shape index (κ3) is 2.78. The van der Waals surface area contributed by atoms with Crippen LogP contribution in [0.4, 0.5) is 4.39 Å². The van der Waals surface area contributed by atoms with Crippen molar-refractivity contribution in [2.45, 2.75) is 31.6 Å². The quantitative estimate of drug-likeness (QED) is 0.855. The van der Waals surface area contributed by atoms with Gasteiger partial charge in [-0.25, -0.2) is 4.39 Å². The molecule has 0 radical (unpaired) electrons. The van der Waals surface area contributed by atoms with Crippen LogP contribution in [0.5, 0.6) is 0 Å². The van der Waals surface area contributed by atoms with Gasteiger partial charge < -0.3 is 10.0 Å². The largest absolute Gasteiger partial charge is 0.396 e. The number of rotatable bonds is 6. The number of nitrogens with zero attached hydrogens (tertiary/aromatic N) is 1. The molecule has 1 fully saturated rings. The van der Waals surface area contributed by atoms with Gasteiger partial charge in [0.05, 0.1) is 5.41 Å². The topological polar surface area (TPSA) is 40.5 Å². The minimum absolute atomic E-state index is 0.0906. The number of amides is 1. The number of benzene rings is 1. The summed E-state index contributed by atoms with van der Waals surface area (Å²) in [7, 11) is 0. The van der Waals surface area contributed by atoms with Gasteiger partial charge in [-0.1, -0.05) is 12.1 Å². The van der Waals surface area contributed by atoms with Crippen molar-refractivity contribution < 1.29 is 14.3 Å². The SMILES string of the molecule is CCN(CCCO)C(=O)C1(c2ccc(F)cc2)CC1. The molecule has 0 saturated heterocycles. The molecule has 0 heterocycles. The molecule has 1 aromatic rings. The highest BCUT2D eigenvalue weighted by Gasteiger charge is 2.52. The van der Waals surface area contributed by atoms with Crippen molar-refractivity contribution in [2.75, 3.05) is 19.7 Å². The fourth-order valence-corrected chi connectivity index (χ4v) is 2.49. The van der Waals surface area contributed by atoms with Crippen LogP contribution in [-0.2, 0) is 10.2 Å². The monoisotopic (exact) mass is 265 g/mol. The second-order valence-corrected chi connectivity index (χ2v) is 5.05. The minimum Gasteiger partial charge on any atom is -0.396 e. The summed E-state index contributed by atoms with van der Waals surface area (Å²) < 4.78 is 13.0. The van der Waals surface area contributed by atoms with E-state index >= 15 is 0 Å². The Balaban J connectivity index is 2.15. The van der Waals surface area contributed by atoms with Crippen molar-refractivity contribution in [3.63, 3.8) is 0 Å². The third-order valence-corrected chi connectivity index (χ3v) is 3.81. The first-order valence-corrected chi connectivity index (χ1v) is 6.80. The number of aliphatic hydroxyl groups is 1. The van der Waals surface area contributed by atoms with Crippen molar-refractivity contribution in [1.29, 1.82) is 0 Å². The van der Waals surface area contributed by atoms with Crippen LogP contribution < -0.4 is 0 Å². The first kappa shape index (κ1) is 14.0. The van der Waals surface area contributed by atoms with E-state index in [0.717, 1.165) is 18.4 Å². The molecule has 0 aromatic heterocycles. The van der Waals surface area contributed by atoms with Crippen LogP contribution in [0.1, 0.15) is 31.7 Å². The average molecular weight is 265 g/mol. The first-order chi connectivity index (χ1) is 9.14. The fraction of sp³-hybridized carbons (Fsp3) is 0.533. The van der Waals surface area contributed by atoms with E-state index in [1.54, 1.807) is 17.0 Å². The van der Waals surface area contributed by atoms with E-state index in [-0.39, 0.29) is 18.3 Å². The third-order valence-electron chi connectivity index (χ3n) is 3.81. The van der Waals surface area contributed by atoms with Gasteiger partial charge in [0.15, 0.2) is 0 Å². The minimum atomic E-state index is -0.445. The molecular formula is C15H20FNO2. The van der Waals surface area contributed by atoms with E-state index in [9.17, 15) is 9.18 Å². The summed E-state index contributed by atoms with van der Waals surface area (Å²) in [6.45, 7) is 3.25. The standard InChI is InChI=1S/C15H20FNO2/c1-2-17(10-3-11-18)14(19)15(8-9-15)12-4-6-13(16)7-5-12/h4-7,18H,2-3,8-11H2,1H3. The number of hydrogen-bond donors (Lipinski definition) is 1. The summed E-state index contributed by atoms with van der Waals surface area (Å²) in [5.41, 5.74) is 0.459. The highest BCUT2D eigenvalue weighted by atomic mass is 19.1. The lowest BCUT2D eigenvalue weighted by atomic mass is 9.94. The molecule has 0 bridgehead atoms. The molecule has 0 aliphatic heterocycles. The maximum absolute atomic E-state index is 13.0. The Morgan fingerprint density at radius 2 is 2.00 bits per heavy atom. The van der Waals surface area contributed by atoms with E-state index < -0.39 is 5.41 Å². The number of halogens is 1. The predicted molar refractivity (Wildman–Crippen MR) is 71.3 cm³/mol. The summed E-state index contributed by atoms with van der Waals surface area (Å²) in [5, 5.41) is 8.88. The molecule has 19 heavy (non-hydrogen) atoms. The molecule has 1 aliphatic carbocycles. The van der Waals surface area contributed by atoms with E-state index in [1.807, 2.05) is 6.92 Å². The van der Waals surface area contributed by atoms with Crippen LogP contribution in [0.2, 0.25) is 0 Å². The molecule has 1 aliphatic rings. The number of aliphatic hydroxyl groups excluding tert-OH is 1. The summed E-state index contributed by atoms with van der Waals surface area (Å²) in [6, 6.07) is 6.24. The molecule has 0 atom stereocenters. The molecule has 104 valence electrons. The van der Waals surface area contributed by atoms with Gasteiger partial charge in [0.2, 0.25) is 5.91 Å². The lowest BCUT2D eigenvalue weighted by molar-refractivity contribution is -0.133. The maximum Gasteiger partial charge on any atom is 0.233 e. The highest BCUT2D eigenvalue weighted by molar-refractivity contribution is 5.91. The summed E-state index contributed by atoms with van der Waals surface area (Å²) in [6.07, 6.45) is 2.25. The zero-order valence-electron chi connectivity index (χ0n) is 11.2. The Morgan fingerprint density at radius 3 is 2.47 bits per heavy atom. The van der Waals surface area contributed by atoms with Gasteiger partial charge >= 0.3 is 0 Å². The molecular weight excluding hydrogens is 245 g/mol. The molecule has 3 nitrogen and oxygen atoms in total. The van der Waals surface area contributed by atoms with E-state index in [0.29, 0.717) is 19.5 Å². The predicted octanol–water partition coefficient (Wildman–Crippen LogP) is 2.09. The number of carbonyl (C=O) groups is 1. The second kappa shape index (κ2) is 5.70. The molecule has 1 saturated carbocycles. The average Bonchev–Trinajstić information content (AvgIpc) is 3.22. The lowest BCUT2D eigenvalue weighted by Gasteiger charge is -2.26. The van der Waals surface area contributed by atoms with Crippen molar-refractivity contribution in [1.82, 2.24) is 4.90 Å². The molecule has 1 N–H and O–H groups in total. The van der Waals surface area contributed by atoms with E-state index in [4.69, 9.17) is 5.11 Å². The Morgan fingerprint density at radius 1 is 1.37 bits per heavy atom. The van der Waals surface area contributed by atoms with E-state index in [2.05, 4.69) is 0 Å². The van der Waals surface area contributed by atoms with Crippen LogP contribution in [-0.4, -0.2) is 35.6 Å². The van der Waals surface area contributed by atoms with Gasteiger partial charge in [-0.3, -0.25) is 4.79 Å². The lowest BCUT2D eigenvalue weighted by Crippen LogP contribution is -2.40. The maximum atomic E-state index is 13.0. The molecule has 1 amide bonds. The fourth-order valence-electron chi connectivity index (χ4n) is 2.49. The van der Waals surface area contributed by atoms with Crippen LogP contribution in [0.25, 0.3) is 0 Å². The summed E-state index contributed by atoms with van der Waals surface area (Å²) in [4.78, 5) is 14.4. The Hall–Kier alpha value is -1.42. The van der Waals surface area contributed by atoms with Gasteiger partial charge in [-0.05, 0) is 43.9 Å². The summed E-state index contributed by atoms with van der Waals surface area (Å²) >= 11 is 0. The van der Waals surface area contributed by atoms with Crippen molar-refractivity contribution in [2.24, 2.45) is 0 Å². The van der Waals surface area contributed by atoms with Gasteiger partial charge in [0, 0.05) is 19.7 Å². The van der Waals surface area contributed by atoms with E-state index in [1.165, 1.54) is 12.1 Å². The molecule has 0 unspecified atom stereocenters. The van der Waals surface area contributed by atoms with Crippen LogP contribution in [0, 0.1) is 5.82 Å². The number of hydrogen-bond acceptors (Lipinski definition) is 2. The Kier molecular flexibility index (Phi) is 4.20. The highest BCUT2D eigenvalue weighted by Crippen LogP contribution is 2.49. The molecule has 1 aromatic carbocycles. The Labute approximate surface area is 113 Å². The number of likely N-dealkylation sites (N-methyl/N-ethyl adjacent to an activating group) is 1. The molecule has 0 spiro atoms. The smallest absolute Gasteiger partial charge is 0.233 e. The molecule has 4 heteroatoms. The van der Waals surface area contributed by atoms with Gasteiger partial charge in [-0.2, -0.15) is 0 Å². The van der Waals surface area contributed by atoms with Crippen LogP contribution in [0.3, 0.4) is 0 Å². The van der Waals surface area contributed by atoms with Gasteiger partial charge in [0.25, 0.3) is 0 Å². The zero-order valence-corrected chi connectivity index (χ0v) is 11.2. The zero-order chi connectivity index (χ0) is 13.9. The Bertz CT molecular complexity index is 440. The van der Waals surface area contributed by atoms with Gasteiger partial charge in [-0.15, -0.1) is 0 Å². The normalized spacial score (nSPS) is 16.2. The molecule has 2 rings (SSSR count). The van der Waals surface area contributed by atoms with Crippen LogP contribution >= 0.6 is 0 Å². The van der Waals surface area contributed by atoms with Crippen molar-refractivity contribution >= 4 is 5.91 Å². The van der Waals surface area contributed by atoms with Crippen molar-refractivity contribution in [3.8, 4) is 0 Å². The second-order valence-electron chi connectivity index (χ2n) is 5.05. The first-order valence-electron chi connectivity index (χ1n) is 6.80. The van der Waals surface area contributed by atoms with Crippen LogP contribution in [0.15, 0.2) is 24.3 Å².